The maximum Gasteiger partial charge on any atom is 0.211 e. The molecule has 7 nitrogen and oxygen atoms in total. The standard InChI is InChI=1S/C21H27N5O2S/c1-13-25-18-11-23-21-17(8-9-22-21)19(18)20(26-13)16-6-4-15(5-7-16)12-29(27,28)24-10-14-2-3-14/h8-9,11,14-16,24H,2-7,10,12H2,1H3,(H,25,26). The Balaban J connectivity index is 1.34. The molecule has 29 heavy (non-hydrogen) atoms. The Kier molecular flexibility index (Phi) is 4.78. The van der Waals surface area contributed by atoms with Gasteiger partial charge in [0, 0.05) is 29.2 Å². The average molecular weight is 414 g/mol. The minimum Gasteiger partial charge on any atom is -0.347 e. The Bertz CT molecular complexity index is 1140. The summed E-state index contributed by atoms with van der Waals surface area (Å²) in [6.45, 7) is 2.59. The van der Waals surface area contributed by atoms with E-state index >= 15 is 0 Å². The summed E-state index contributed by atoms with van der Waals surface area (Å²) in [5.74, 6) is 2.31. The van der Waals surface area contributed by atoms with Crippen LogP contribution < -0.4 is 4.72 Å². The number of sulfonamides is 1. The number of fused-ring (bicyclic) bond motifs is 3. The summed E-state index contributed by atoms with van der Waals surface area (Å²) in [4.78, 5) is 16.9. The van der Waals surface area contributed by atoms with Crippen LogP contribution in [0, 0.1) is 18.8 Å². The number of hydrogen-bond donors (Lipinski definition) is 2. The Morgan fingerprint density at radius 2 is 1.86 bits per heavy atom. The molecule has 2 aliphatic carbocycles. The van der Waals surface area contributed by atoms with Crippen molar-refractivity contribution in [3.8, 4) is 0 Å². The highest BCUT2D eigenvalue weighted by Gasteiger charge is 2.29. The van der Waals surface area contributed by atoms with E-state index in [1.54, 1.807) is 12.4 Å². The van der Waals surface area contributed by atoms with Crippen LogP contribution in [0.15, 0.2) is 18.5 Å². The highest BCUT2D eigenvalue weighted by molar-refractivity contribution is 7.89. The summed E-state index contributed by atoms with van der Waals surface area (Å²) in [6, 6.07) is 2.00. The van der Waals surface area contributed by atoms with Crippen molar-refractivity contribution >= 4 is 32.0 Å². The van der Waals surface area contributed by atoms with E-state index in [0.29, 0.717) is 18.4 Å². The fraction of sp³-hybridized carbons (Fsp3) is 0.571. The Hall–Kier alpha value is -2.06. The number of aromatic amines is 1. The molecule has 2 N–H and O–H groups in total. The molecule has 0 aromatic carbocycles. The molecule has 0 amide bonds. The third-order valence-corrected chi connectivity index (χ3v) is 7.90. The number of nitrogens with one attached hydrogen (secondary N) is 2. The molecule has 2 aliphatic rings. The first-order valence-corrected chi connectivity index (χ1v) is 12.2. The van der Waals surface area contributed by atoms with Crippen LogP contribution >= 0.6 is 0 Å². The van der Waals surface area contributed by atoms with Crippen molar-refractivity contribution in [2.45, 2.75) is 51.4 Å². The van der Waals surface area contributed by atoms with Crippen molar-refractivity contribution in [2.75, 3.05) is 12.3 Å². The predicted octanol–water partition coefficient (Wildman–Crippen LogP) is 3.42. The van der Waals surface area contributed by atoms with E-state index in [1.807, 2.05) is 13.0 Å². The molecule has 2 fully saturated rings. The smallest absolute Gasteiger partial charge is 0.211 e. The largest absolute Gasteiger partial charge is 0.347 e. The van der Waals surface area contributed by atoms with E-state index in [-0.39, 0.29) is 11.7 Å². The molecule has 0 saturated heterocycles. The zero-order valence-electron chi connectivity index (χ0n) is 16.7. The molecule has 3 aromatic heterocycles. The number of aryl methyl sites for hydroxylation is 1. The zero-order chi connectivity index (χ0) is 20.0. The van der Waals surface area contributed by atoms with Crippen LogP contribution in [0.1, 0.15) is 56.0 Å². The Morgan fingerprint density at radius 3 is 2.62 bits per heavy atom. The second-order valence-corrected chi connectivity index (χ2v) is 10.6. The molecule has 3 heterocycles. The van der Waals surface area contributed by atoms with Crippen LogP contribution in [0.25, 0.3) is 21.9 Å². The lowest BCUT2D eigenvalue weighted by Gasteiger charge is -2.29. The minimum atomic E-state index is -3.17. The number of aromatic nitrogens is 4. The van der Waals surface area contributed by atoms with Gasteiger partial charge in [-0.25, -0.2) is 28.1 Å². The van der Waals surface area contributed by atoms with E-state index < -0.39 is 10.0 Å². The normalized spacial score (nSPS) is 23.1. The highest BCUT2D eigenvalue weighted by Crippen LogP contribution is 2.39. The first-order chi connectivity index (χ1) is 14.0. The van der Waals surface area contributed by atoms with Gasteiger partial charge < -0.3 is 4.98 Å². The zero-order valence-corrected chi connectivity index (χ0v) is 17.5. The van der Waals surface area contributed by atoms with Gasteiger partial charge in [0.15, 0.2) is 5.65 Å². The van der Waals surface area contributed by atoms with Gasteiger partial charge in [0.25, 0.3) is 0 Å². The second-order valence-electron chi connectivity index (χ2n) is 8.73. The summed E-state index contributed by atoms with van der Waals surface area (Å²) in [7, 11) is -3.17. The molecule has 8 heteroatoms. The van der Waals surface area contributed by atoms with Crippen molar-refractivity contribution in [1.29, 1.82) is 0 Å². The van der Waals surface area contributed by atoms with Crippen LogP contribution in [0.3, 0.4) is 0 Å². The molecule has 3 aromatic rings. The number of rotatable bonds is 6. The van der Waals surface area contributed by atoms with E-state index in [9.17, 15) is 8.42 Å². The number of hydrogen-bond acceptors (Lipinski definition) is 5. The van der Waals surface area contributed by atoms with Gasteiger partial charge in [0.05, 0.1) is 17.5 Å². The van der Waals surface area contributed by atoms with Crippen LogP contribution in [-0.4, -0.2) is 40.7 Å². The third kappa shape index (κ3) is 4.00. The van der Waals surface area contributed by atoms with Crippen molar-refractivity contribution in [3.05, 3.63) is 30.0 Å². The molecule has 0 radical (unpaired) electrons. The van der Waals surface area contributed by atoms with Gasteiger partial charge in [-0.05, 0) is 69.3 Å². The molecule has 0 atom stereocenters. The molecule has 154 valence electrons. The van der Waals surface area contributed by atoms with Gasteiger partial charge in [0.1, 0.15) is 5.82 Å². The highest BCUT2D eigenvalue weighted by atomic mass is 32.2. The van der Waals surface area contributed by atoms with Crippen LogP contribution in [0.2, 0.25) is 0 Å². The number of H-pyrrole nitrogens is 1. The van der Waals surface area contributed by atoms with Gasteiger partial charge in [-0.1, -0.05) is 0 Å². The van der Waals surface area contributed by atoms with Crippen molar-refractivity contribution < 1.29 is 8.42 Å². The molecule has 0 spiro atoms. The Morgan fingerprint density at radius 1 is 1.10 bits per heavy atom. The lowest BCUT2D eigenvalue weighted by atomic mass is 9.80. The fourth-order valence-corrected chi connectivity index (χ4v) is 6.20. The minimum absolute atomic E-state index is 0.236. The van der Waals surface area contributed by atoms with E-state index in [0.717, 1.165) is 66.3 Å². The summed E-state index contributed by atoms with van der Waals surface area (Å²) >= 11 is 0. The van der Waals surface area contributed by atoms with E-state index in [1.165, 1.54) is 5.69 Å². The topological polar surface area (TPSA) is 101 Å². The third-order valence-electron chi connectivity index (χ3n) is 6.39. The summed E-state index contributed by atoms with van der Waals surface area (Å²) in [5, 5.41) is 2.15. The summed E-state index contributed by atoms with van der Waals surface area (Å²) in [5.41, 5.74) is 2.84. The Labute approximate surface area is 170 Å². The van der Waals surface area contributed by atoms with E-state index in [2.05, 4.69) is 24.7 Å². The van der Waals surface area contributed by atoms with Gasteiger partial charge in [-0.15, -0.1) is 0 Å². The summed E-state index contributed by atoms with van der Waals surface area (Å²) < 4.78 is 27.6. The van der Waals surface area contributed by atoms with Gasteiger partial charge >= 0.3 is 0 Å². The maximum absolute atomic E-state index is 12.4. The average Bonchev–Trinajstić information content (AvgIpc) is 3.41. The lowest BCUT2D eigenvalue weighted by molar-refractivity contribution is 0.345. The first-order valence-electron chi connectivity index (χ1n) is 10.6. The van der Waals surface area contributed by atoms with Crippen molar-refractivity contribution in [2.24, 2.45) is 11.8 Å². The van der Waals surface area contributed by atoms with Crippen LogP contribution in [-0.2, 0) is 10.0 Å². The van der Waals surface area contributed by atoms with Gasteiger partial charge in [0.2, 0.25) is 10.0 Å². The monoisotopic (exact) mass is 413 g/mol. The molecule has 0 unspecified atom stereocenters. The quantitative estimate of drug-likeness (QED) is 0.645. The summed E-state index contributed by atoms with van der Waals surface area (Å²) in [6.07, 6.45) is 9.73. The molecule has 5 rings (SSSR count). The molecule has 0 bridgehead atoms. The SMILES string of the molecule is Cc1nc2cnc3nccc3c2c(C2CCC(CS(=O)(=O)NCC3CC3)CC2)[nH]1. The van der Waals surface area contributed by atoms with Crippen LogP contribution in [0.5, 0.6) is 0 Å². The lowest BCUT2D eigenvalue weighted by Crippen LogP contribution is -2.32. The van der Waals surface area contributed by atoms with Gasteiger partial charge in [-0.2, -0.15) is 0 Å². The van der Waals surface area contributed by atoms with E-state index in [4.69, 9.17) is 0 Å². The molecule has 2 saturated carbocycles. The van der Waals surface area contributed by atoms with Crippen molar-refractivity contribution in [1.82, 2.24) is 24.7 Å². The number of pyridine rings is 1. The predicted molar refractivity (Wildman–Crippen MR) is 113 cm³/mol. The molecule has 0 aliphatic heterocycles. The fourth-order valence-electron chi connectivity index (χ4n) is 4.64. The van der Waals surface area contributed by atoms with Crippen molar-refractivity contribution in [3.63, 3.8) is 0 Å². The first kappa shape index (κ1) is 18.9. The molecular formula is C21H27N5O2S. The maximum atomic E-state index is 12.4. The van der Waals surface area contributed by atoms with Crippen LogP contribution in [0.4, 0.5) is 0 Å². The van der Waals surface area contributed by atoms with Gasteiger partial charge in [-0.3, -0.25) is 0 Å². The number of nitrogens with zero attached hydrogens (tertiary/aromatic N) is 3. The second kappa shape index (κ2) is 7.32. The molecular weight excluding hydrogens is 386 g/mol.